The Balaban J connectivity index is 1.87. The first kappa shape index (κ1) is 20.2. The molecule has 2 amide bonds. The lowest BCUT2D eigenvalue weighted by Gasteiger charge is -2.17. The van der Waals surface area contributed by atoms with Crippen molar-refractivity contribution in [2.75, 3.05) is 10.2 Å². The molecule has 0 saturated heterocycles. The lowest BCUT2D eigenvalue weighted by Crippen LogP contribution is -2.32. The molecule has 1 aliphatic heterocycles. The minimum Gasteiger partial charge on any atom is -0.350 e. The fourth-order valence-electron chi connectivity index (χ4n) is 3.36. The summed E-state index contributed by atoms with van der Waals surface area (Å²) in [5.41, 5.74) is 3.97. The Bertz CT molecular complexity index is 1200. The molecule has 1 N–H and O–H groups in total. The summed E-state index contributed by atoms with van der Waals surface area (Å²) in [6.07, 6.45) is 0. The number of hydrogen-bond donors (Lipinski definition) is 1. The van der Waals surface area contributed by atoms with Gasteiger partial charge in [0.1, 0.15) is 5.70 Å². The van der Waals surface area contributed by atoms with Gasteiger partial charge in [-0.1, -0.05) is 71.2 Å². The van der Waals surface area contributed by atoms with Gasteiger partial charge < -0.3 is 5.32 Å². The molecule has 0 unspecified atom stereocenters. The Morgan fingerprint density at radius 1 is 0.767 bits per heavy atom. The molecule has 6 heteroatoms. The summed E-state index contributed by atoms with van der Waals surface area (Å²) in [4.78, 5) is 28.0. The second-order valence-electron chi connectivity index (χ2n) is 7.05. The maximum atomic E-state index is 13.4. The van der Waals surface area contributed by atoms with Crippen LogP contribution in [-0.2, 0) is 9.59 Å². The summed E-state index contributed by atoms with van der Waals surface area (Å²) in [5, 5.41) is 4.04. The van der Waals surface area contributed by atoms with Crippen LogP contribution < -0.4 is 10.2 Å². The normalized spacial score (nSPS) is 13.9. The fourth-order valence-corrected chi connectivity index (χ4v) is 3.76. The standard InChI is InChI=1S/C24H18Cl2N2O2/c1-14-10-12-16(13-11-14)21-22(27-19-8-5-7-17(25)15(19)2)24(30)28(23(21)29)20-9-4-3-6-18(20)26/h3-13,27H,1-2H3. The largest absolute Gasteiger partial charge is 0.350 e. The zero-order valence-electron chi connectivity index (χ0n) is 16.4. The average molecular weight is 437 g/mol. The Labute approximate surface area is 184 Å². The first-order valence-electron chi connectivity index (χ1n) is 9.35. The van der Waals surface area contributed by atoms with Crippen LogP contribution in [-0.4, -0.2) is 11.8 Å². The number of para-hydroxylation sites is 1. The first-order valence-corrected chi connectivity index (χ1v) is 10.1. The summed E-state index contributed by atoms with van der Waals surface area (Å²) >= 11 is 12.5. The van der Waals surface area contributed by atoms with E-state index in [0.29, 0.717) is 32.6 Å². The third kappa shape index (κ3) is 3.49. The highest BCUT2D eigenvalue weighted by Crippen LogP contribution is 2.37. The lowest BCUT2D eigenvalue weighted by molar-refractivity contribution is -0.120. The predicted molar refractivity (Wildman–Crippen MR) is 122 cm³/mol. The van der Waals surface area contributed by atoms with Crippen LogP contribution in [0.15, 0.2) is 72.4 Å². The first-order chi connectivity index (χ1) is 14.4. The quantitative estimate of drug-likeness (QED) is 0.509. The molecule has 3 aromatic rings. The summed E-state index contributed by atoms with van der Waals surface area (Å²) in [5.74, 6) is -0.901. The van der Waals surface area contributed by atoms with Crippen LogP contribution in [0.25, 0.3) is 5.57 Å². The van der Waals surface area contributed by atoms with Crippen LogP contribution in [0.4, 0.5) is 11.4 Å². The number of rotatable bonds is 4. The third-order valence-electron chi connectivity index (χ3n) is 5.04. The van der Waals surface area contributed by atoms with Gasteiger partial charge in [0.25, 0.3) is 11.8 Å². The Morgan fingerprint density at radius 2 is 1.43 bits per heavy atom. The zero-order chi connectivity index (χ0) is 21.4. The minimum atomic E-state index is -0.469. The van der Waals surface area contributed by atoms with Gasteiger partial charge in [0.05, 0.1) is 16.3 Å². The zero-order valence-corrected chi connectivity index (χ0v) is 17.9. The molecule has 0 fully saturated rings. The number of nitrogens with one attached hydrogen (secondary N) is 1. The minimum absolute atomic E-state index is 0.189. The molecule has 0 aliphatic carbocycles. The molecule has 0 bridgehead atoms. The van der Waals surface area contributed by atoms with Crippen molar-refractivity contribution < 1.29 is 9.59 Å². The van der Waals surface area contributed by atoms with E-state index >= 15 is 0 Å². The Kier molecular flexibility index (Phi) is 5.37. The number of benzene rings is 3. The average Bonchev–Trinajstić information content (AvgIpc) is 2.96. The van der Waals surface area contributed by atoms with Crippen molar-refractivity contribution in [1.82, 2.24) is 0 Å². The van der Waals surface area contributed by atoms with E-state index in [0.717, 1.165) is 16.0 Å². The van der Waals surface area contributed by atoms with Gasteiger partial charge in [0, 0.05) is 10.7 Å². The number of aryl methyl sites for hydroxylation is 1. The number of hydrogen-bond acceptors (Lipinski definition) is 3. The number of carbonyl (C=O) groups is 2. The number of nitrogens with zero attached hydrogens (tertiary/aromatic N) is 1. The number of imide groups is 1. The van der Waals surface area contributed by atoms with Crippen molar-refractivity contribution in [1.29, 1.82) is 0 Å². The van der Waals surface area contributed by atoms with Crippen LogP contribution in [0.2, 0.25) is 10.0 Å². The topological polar surface area (TPSA) is 49.4 Å². The van der Waals surface area contributed by atoms with Crippen LogP contribution in [0.1, 0.15) is 16.7 Å². The number of carbonyl (C=O) groups excluding carboxylic acids is 2. The van der Waals surface area contributed by atoms with E-state index in [9.17, 15) is 9.59 Å². The molecule has 3 aromatic carbocycles. The van der Waals surface area contributed by atoms with Gasteiger partial charge in [-0.25, -0.2) is 4.90 Å². The van der Waals surface area contributed by atoms with Gasteiger partial charge in [-0.2, -0.15) is 0 Å². The summed E-state index contributed by atoms with van der Waals surface area (Å²) in [7, 11) is 0. The molecule has 0 aromatic heterocycles. The summed E-state index contributed by atoms with van der Waals surface area (Å²) < 4.78 is 0. The van der Waals surface area contributed by atoms with E-state index in [1.807, 2.05) is 44.2 Å². The molecule has 1 aliphatic rings. The van der Waals surface area contributed by atoms with E-state index in [2.05, 4.69) is 5.32 Å². The van der Waals surface area contributed by atoms with Crippen molar-refractivity contribution in [2.24, 2.45) is 0 Å². The highest BCUT2D eigenvalue weighted by Gasteiger charge is 2.41. The Hall–Kier alpha value is -3.08. The Morgan fingerprint density at radius 3 is 2.13 bits per heavy atom. The molecule has 1 heterocycles. The van der Waals surface area contributed by atoms with Crippen LogP contribution >= 0.6 is 23.2 Å². The summed E-state index contributed by atoms with van der Waals surface area (Å²) in [6.45, 7) is 3.81. The van der Waals surface area contributed by atoms with E-state index < -0.39 is 11.8 Å². The molecule has 0 spiro atoms. The van der Waals surface area contributed by atoms with E-state index in [-0.39, 0.29) is 5.70 Å². The van der Waals surface area contributed by atoms with Gasteiger partial charge in [0.2, 0.25) is 0 Å². The second-order valence-corrected chi connectivity index (χ2v) is 7.86. The van der Waals surface area contributed by atoms with Crippen molar-refractivity contribution in [3.63, 3.8) is 0 Å². The van der Waals surface area contributed by atoms with Crippen molar-refractivity contribution in [2.45, 2.75) is 13.8 Å². The number of amides is 2. The van der Waals surface area contributed by atoms with Gasteiger partial charge >= 0.3 is 0 Å². The van der Waals surface area contributed by atoms with E-state index in [1.165, 1.54) is 0 Å². The van der Waals surface area contributed by atoms with Gasteiger partial charge in [0.15, 0.2) is 0 Å². The fraction of sp³-hybridized carbons (Fsp3) is 0.0833. The monoisotopic (exact) mass is 436 g/mol. The van der Waals surface area contributed by atoms with E-state index in [4.69, 9.17) is 23.2 Å². The van der Waals surface area contributed by atoms with Gasteiger partial charge in [-0.05, 0) is 49.2 Å². The van der Waals surface area contributed by atoms with Crippen LogP contribution in [0.3, 0.4) is 0 Å². The van der Waals surface area contributed by atoms with Crippen LogP contribution in [0.5, 0.6) is 0 Å². The third-order valence-corrected chi connectivity index (χ3v) is 5.77. The lowest BCUT2D eigenvalue weighted by atomic mass is 10.0. The van der Waals surface area contributed by atoms with E-state index in [1.54, 1.807) is 36.4 Å². The molecule has 4 rings (SSSR count). The number of halogens is 2. The van der Waals surface area contributed by atoms with Crippen molar-refractivity contribution in [3.05, 3.63) is 99.2 Å². The molecule has 0 saturated carbocycles. The molecule has 4 nitrogen and oxygen atoms in total. The number of anilines is 2. The smallest absolute Gasteiger partial charge is 0.282 e. The highest BCUT2D eigenvalue weighted by molar-refractivity contribution is 6.48. The molecule has 30 heavy (non-hydrogen) atoms. The highest BCUT2D eigenvalue weighted by atomic mass is 35.5. The van der Waals surface area contributed by atoms with Gasteiger partial charge in [-0.3, -0.25) is 9.59 Å². The molecule has 0 atom stereocenters. The SMILES string of the molecule is Cc1ccc(C2=C(Nc3cccc(Cl)c3C)C(=O)N(c3ccccc3Cl)C2=O)cc1. The van der Waals surface area contributed by atoms with Crippen LogP contribution in [0, 0.1) is 13.8 Å². The maximum absolute atomic E-state index is 13.4. The summed E-state index contributed by atoms with van der Waals surface area (Å²) in [6, 6.07) is 19.6. The van der Waals surface area contributed by atoms with Crippen molar-refractivity contribution >= 4 is 52.0 Å². The second kappa shape index (κ2) is 7.98. The molecular formula is C24H18Cl2N2O2. The van der Waals surface area contributed by atoms with Crippen molar-refractivity contribution in [3.8, 4) is 0 Å². The maximum Gasteiger partial charge on any atom is 0.282 e. The molecule has 0 radical (unpaired) electrons. The predicted octanol–water partition coefficient (Wildman–Crippen LogP) is 6.01. The van der Waals surface area contributed by atoms with Gasteiger partial charge in [-0.15, -0.1) is 0 Å². The molecule has 150 valence electrons. The molecular weight excluding hydrogens is 419 g/mol.